The van der Waals surface area contributed by atoms with E-state index in [-0.39, 0.29) is 11.8 Å². The molecule has 1 fully saturated rings. The van der Waals surface area contributed by atoms with Gasteiger partial charge in [0.15, 0.2) is 5.11 Å². The summed E-state index contributed by atoms with van der Waals surface area (Å²) in [4.78, 5) is 11.6. The number of carbonyl (C=O) groups is 1. The van der Waals surface area contributed by atoms with Crippen LogP contribution >= 0.6 is 12.2 Å². The van der Waals surface area contributed by atoms with E-state index in [4.69, 9.17) is 17.0 Å². The fraction of sp³-hybridized carbons (Fsp3) is 0.429. The number of hydrogen-bond acceptors (Lipinski definition) is 3. The smallest absolute Gasteiger partial charge is 0.241 e. The Labute approximate surface area is 124 Å². The van der Waals surface area contributed by atoms with Gasteiger partial charge in [0.2, 0.25) is 5.91 Å². The fourth-order valence-electron chi connectivity index (χ4n) is 1.86. The van der Waals surface area contributed by atoms with Crippen LogP contribution < -0.4 is 20.9 Å². The molecule has 0 aliphatic heterocycles. The normalized spacial score (nSPS) is 14.1. The Bertz CT molecular complexity index is 472. The topological polar surface area (TPSA) is 62.4 Å². The molecule has 3 N–H and O–H groups in total. The third-order valence-electron chi connectivity index (χ3n) is 3.39. The zero-order chi connectivity index (χ0) is 14.4. The molecule has 0 saturated heterocycles. The van der Waals surface area contributed by atoms with Gasteiger partial charge in [-0.3, -0.25) is 15.6 Å². The molecule has 6 heteroatoms. The zero-order valence-corrected chi connectivity index (χ0v) is 12.3. The molecule has 1 aromatic carbocycles. The molecule has 108 valence electrons. The number of hydrazine groups is 1. The van der Waals surface area contributed by atoms with Crippen molar-refractivity contribution in [1.29, 1.82) is 0 Å². The van der Waals surface area contributed by atoms with E-state index in [9.17, 15) is 4.79 Å². The molecular formula is C14H19N3O2S. The largest absolute Gasteiger partial charge is 0.497 e. The summed E-state index contributed by atoms with van der Waals surface area (Å²) in [6.07, 6.45) is 3.08. The summed E-state index contributed by atoms with van der Waals surface area (Å²) in [6.45, 7) is 0.592. The van der Waals surface area contributed by atoms with Gasteiger partial charge in [-0.15, -0.1) is 0 Å². The van der Waals surface area contributed by atoms with Crippen molar-refractivity contribution < 1.29 is 9.53 Å². The summed E-state index contributed by atoms with van der Waals surface area (Å²) in [5.41, 5.74) is 6.43. The van der Waals surface area contributed by atoms with E-state index >= 15 is 0 Å². The third kappa shape index (κ3) is 4.09. The molecule has 0 heterocycles. The number of rotatable bonds is 4. The summed E-state index contributed by atoms with van der Waals surface area (Å²) in [5, 5.41) is 3.44. The van der Waals surface area contributed by atoms with Crippen molar-refractivity contribution in [2.24, 2.45) is 5.92 Å². The molecule has 1 saturated carbocycles. The van der Waals surface area contributed by atoms with Crippen LogP contribution in [-0.2, 0) is 11.3 Å². The summed E-state index contributed by atoms with van der Waals surface area (Å²) >= 11 is 5.10. The number of ether oxygens (including phenoxy) is 1. The molecule has 1 aliphatic rings. The summed E-state index contributed by atoms with van der Waals surface area (Å²) in [5.74, 6) is 0.985. The van der Waals surface area contributed by atoms with Crippen molar-refractivity contribution in [2.45, 2.75) is 25.8 Å². The predicted octanol–water partition coefficient (Wildman–Crippen LogP) is 1.49. The van der Waals surface area contributed by atoms with E-state index in [0.717, 1.165) is 30.6 Å². The number of methoxy groups -OCH3 is 1. The molecule has 0 unspecified atom stereocenters. The molecular weight excluding hydrogens is 274 g/mol. The number of hydrogen-bond donors (Lipinski definition) is 3. The minimum atomic E-state index is 0.0184. The van der Waals surface area contributed by atoms with Gasteiger partial charge in [-0.25, -0.2) is 0 Å². The van der Waals surface area contributed by atoms with Crippen LogP contribution in [0.5, 0.6) is 5.75 Å². The highest BCUT2D eigenvalue weighted by molar-refractivity contribution is 7.80. The first-order valence-electron chi connectivity index (χ1n) is 6.65. The van der Waals surface area contributed by atoms with Gasteiger partial charge in [0.05, 0.1) is 7.11 Å². The maximum Gasteiger partial charge on any atom is 0.241 e. The Morgan fingerprint density at radius 2 is 2.00 bits per heavy atom. The summed E-state index contributed by atoms with van der Waals surface area (Å²) in [7, 11) is 1.64. The van der Waals surface area contributed by atoms with Crippen molar-refractivity contribution in [3.63, 3.8) is 0 Å². The molecule has 5 nitrogen and oxygen atoms in total. The Hall–Kier alpha value is -1.82. The van der Waals surface area contributed by atoms with Gasteiger partial charge >= 0.3 is 0 Å². The highest BCUT2D eigenvalue weighted by Crippen LogP contribution is 2.25. The van der Waals surface area contributed by atoms with Gasteiger partial charge in [0.1, 0.15) is 5.75 Å². The van der Waals surface area contributed by atoms with Gasteiger partial charge < -0.3 is 10.1 Å². The lowest BCUT2D eigenvalue weighted by atomic mass is 9.85. The minimum Gasteiger partial charge on any atom is -0.497 e. The minimum absolute atomic E-state index is 0.0184. The van der Waals surface area contributed by atoms with Crippen molar-refractivity contribution >= 4 is 23.2 Å². The van der Waals surface area contributed by atoms with E-state index in [1.807, 2.05) is 24.3 Å². The summed E-state index contributed by atoms with van der Waals surface area (Å²) < 4.78 is 5.09. The van der Waals surface area contributed by atoms with Gasteiger partial charge in [-0.05, 0) is 42.8 Å². The number of carbonyl (C=O) groups excluding carboxylic acids is 1. The van der Waals surface area contributed by atoms with Gasteiger partial charge in [-0.2, -0.15) is 0 Å². The monoisotopic (exact) mass is 293 g/mol. The number of thiocarbonyl (C=S) groups is 1. The maximum absolute atomic E-state index is 11.6. The molecule has 0 radical (unpaired) electrons. The predicted molar refractivity (Wildman–Crippen MR) is 81.1 cm³/mol. The van der Waals surface area contributed by atoms with Crippen LogP contribution in [-0.4, -0.2) is 18.1 Å². The molecule has 0 spiro atoms. The second kappa shape index (κ2) is 7.09. The summed E-state index contributed by atoms with van der Waals surface area (Å²) in [6, 6.07) is 7.71. The Morgan fingerprint density at radius 3 is 2.55 bits per heavy atom. The Morgan fingerprint density at radius 1 is 1.30 bits per heavy atom. The molecule has 0 bridgehead atoms. The number of nitrogens with one attached hydrogen (secondary N) is 3. The van der Waals surface area contributed by atoms with Crippen molar-refractivity contribution in [3.05, 3.63) is 29.8 Å². The van der Waals surface area contributed by atoms with Crippen LogP contribution in [0.1, 0.15) is 24.8 Å². The van der Waals surface area contributed by atoms with E-state index in [2.05, 4.69) is 16.2 Å². The molecule has 1 amide bonds. The van der Waals surface area contributed by atoms with Crippen LogP contribution in [0.25, 0.3) is 0 Å². The SMILES string of the molecule is COc1ccc(CNC(=S)NNC(=O)C2CCC2)cc1. The molecule has 0 atom stereocenters. The van der Waals surface area contributed by atoms with E-state index in [1.54, 1.807) is 7.11 Å². The molecule has 0 aromatic heterocycles. The van der Waals surface area contributed by atoms with Gasteiger partial charge in [0, 0.05) is 12.5 Å². The lowest BCUT2D eigenvalue weighted by molar-refractivity contribution is -0.127. The number of amides is 1. The van der Waals surface area contributed by atoms with E-state index < -0.39 is 0 Å². The van der Waals surface area contributed by atoms with Gasteiger partial charge in [0.25, 0.3) is 0 Å². The van der Waals surface area contributed by atoms with Crippen LogP contribution in [0.3, 0.4) is 0 Å². The number of benzene rings is 1. The Balaban J connectivity index is 1.67. The quantitative estimate of drug-likeness (QED) is 0.580. The van der Waals surface area contributed by atoms with Crippen molar-refractivity contribution in [3.8, 4) is 5.75 Å². The average molecular weight is 293 g/mol. The van der Waals surface area contributed by atoms with Crippen LogP contribution in [0.4, 0.5) is 0 Å². The standard InChI is InChI=1S/C14H19N3O2S/c1-19-12-7-5-10(6-8-12)9-15-14(20)17-16-13(18)11-3-2-4-11/h5-8,11H,2-4,9H2,1H3,(H,16,18)(H2,15,17,20). The van der Waals surface area contributed by atoms with E-state index in [1.165, 1.54) is 0 Å². The first kappa shape index (κ1) is 14.6. The van der Waals surface area contributed by atoms with Crippen molar-refractivity contribution in [2.75, 3.05) is 7.11 Å². The van der Waals surface area contributed by atoms with Crippen LogP contribution in [0, 0.1) is 5.92 Å². The van der Waals surface area contributed by atoms with E-state index in [0.29, 0.717) is 11.7 Å². The van der Waals surface area contributed by atoms with Crippen LogP contribution in [0.2, 0.25) is 0 Å². The highest BCUT2D eigenvalue weighted by atomic mass is 32.1. The van der Waals surface area contributed by atoms with Gasteiger partial charge in [-0.1, -0.05) is 18.6 Å². The Kier molecular flexibility index (Phi) is 5.17. The first-order chi connectivity index (χ1) is 9.69. The highest BCUT2D eigenvalue weighted by Gasteiger charge is 2.24. The zero-order valence-electron chi connectivity index (χ0n) is 11.4. The maximum atomic E-state index is 11.6. The third-order valence-corrected chi connectivity index (χ3v) is 3.63. The fourth-order valence-corrected chi connectivity index (χ4v) is 1.98. The van der Waals surface area contributed by atoms with Crippen LogP contribution in [0.15, 0.2) is 24.3 Å². The van der Waals surface area contributed by atoms with Crippen molar-refractivity contribution in [1.82, 2.24) is 16.2 Å². The molecule has 20 heavy (non-hydrogen) atoms. The molecule has 1 aromatic rings. The second-order valence-corrected chi connectivity index (χ2v) is 5.18. The lowest BCUT2D eigenvalue weighted by Gasteiger charge is -2.24. The molecule has 2 rings (SSSR count). The molecule has 1 aliphatic carbocycles. The lowest BCUT2D eigenvalue weighted by Crippen LogP contribution is -2.49. The first-order valence-corrected chi connectivity index (χ1v) is 7.06. The average Bonchev–Trinajstić information content (AvgIpc) is 2.41. The second-order valence-electron chi connectivity index (χ2n) is 4.77.